The number of carbonyl (C=O) groups is 3. The van der Waals surface area contributed by atoms with Crippen LogP contribution < -0.4 is 14.8 Å². The van der Waals surface area contributed by atoms with E-state index in [0.29, 0.717) is 11.5 Å². The normalized spacial score (nSPS) is 14.8. The summed E-state index contributed by atoms with van der Waals surface area (Å²) in [5.41, 5.74) is 0.374. The van der Waals surface area contributed by atoms with E-state index < -0.39 is 23.9 Å². The summed E-state index contributed by atoms with van der Waals surface area (Å²) in [5, 5.41) is 2.59. The number of anilines is 1. The Hall–Kier alpha value is -3.55. The summed E-state index contributed by atoms with van der Waals surface area (Å²) in [5.74, 6) is -0.803. The van der Waals surface area contributed by atoms with Gasteiger partial charge in [-0.2, -0.15) is 0 Å². The Morgan fingerprint density at radius 3 is 2.41 bits per heavy atom. The number of methoxy groups -OCH3 is 2. The van der Waals surface area contributed by atoms with Gasteiger partial charge in [0.05, 0.1) is 31.0 Å². The van der Waals surface area contributed by atoms with Gasteiger partial charge < -0.3 is 24.3 Å². The van der Waals surface area contributed by atoms with E-state index in [9.17, 15) is 14.4 Å². The molecule has 0 unspecified atom stereocenters. The van der Waals surface area contributed by atoms with E-state index in [0.717, 1.165) is 0 Å². The first-order valence-electron chi connectivity index (χ1n) is 8.03. The number of benzene rings is 2. The molecule has 27 heavy (non-hydrogen) atoms. The molecule has 3 rings (SSSR count). The van der Waals surface area contributed by atoms with Crippen LogP contribution in [0.5, 0.6) is 11.5 Å². The largest absolute Gasteiger partial charge is 0.485 e. The lowest BCUT2D eigenvalue weighted by molar-refractivity contribution is -0.125. The van der Waals surface area contributed by atoms with Crippen LogP contribution in [0.15, 0.2) is 42.5 Å². The zero-order valence-corrected chi connectivity index (χ0v) is 14.7. The predicted octanol–water partition coefficient (Wildman–Crippen LogP) is 2.04. The Labute approximate surface area is 155 Å². The maximum atomic E-state index is 12.6. The molecule has 2 aromatic rings. The second-order valence-electron chi connectivity index (χ2n) is 5.60. The van der Waals surface area contributed by atoms with E-state index in [1.165, 1.54) is 32.4 Å². The van der Waals surface area contributed by atoms with Gasteiger partial charge >= 0.3 is 11.9 Å². The average Bonchev–Trinajstić information content (AvgIpc) is 2.72. The lowest BCUT2D eigenvalue weighted by atomic mass is 10.1. The number of rotatable bonds is 4. The summed E-state index contributed by atoms with van der Waals surface area (Å²) < 4.78 is 20.5. The number of nitrogens with one attached hydrogen (secondary N) is 1. The number of esters is 2. The molecule has 0 saturated carbocycles. The summed E-state index contributed by atoms with van der Waals surface area (Å²) in [7, 11) is 2.45. The quantitative estimate of drug-likeness (QED) is 0.821. The van der Waals surface area contributed by atoms with E-state index in [1.54, 1.807) is 24.3 Å². The molecular weight excluding hydrogens is 354 g/mol. The first kappa shape index (κ1) is 18.2. The van der Waals surface area contributed by atoms with Crippen LogP contribution in [0.4, 0.5) is 5.69 Å². The van der Waals surface area contributed by atoms with Gasteiger partial charge in [0, 0.05) is 0 Å². The van der Waals surface area contributed by atoms with Crippen molar-refractivity contribution in [2.24, 2.45) is 0 Å². The van der Waals surface area contributed by atoms with Crippen LogP contribution in [0.25, 0.3) is 0 Å². The minimum Gasteiger partial charge on any atom is -0.485 e. The van der Waals surface area contributed by atoms with Gasteiger partial charge in [0.1, 0.15) is 6.61 Å². The van der Waals surface area contributed by atoms with Crippen molar-refractivity contribution < 1.29 is 33.3 Å². The topological polar surface area (TPSA) is 100 Å². The Bertz CT molecular complexity index is 893. The van der Waals surface area contributed by atoms with E-state index in [-0.39, 0.29) is 23.4 Å². The molecule has 2 aromatic carbocycles. The predicted molar refractivity (Wildman–Crippen MR) is 94.1 cm³/mol. The highest BCUT2D eigenvalue weighted by Crippen LogP contribution is 2.31. The monoisotopic (exact) mass is 371 g/mol. The first-order chi connectivity index (χ1) is 13.0. The number of ether oxygens (including phenoxy) is 4. The number of amides is 1. The minimum absolute atomic E-state index is 0.00704. The van der Waals surface area contributed by atoms with Gasteiger partial charge in [-0.1, -0.05) is 12.1 Å². The van der Waals surface area contributed by atoms with E-state index in [4.69, 9.17) is 14.2 Å². The van der Waals surface area contributed by atoms with Crippen molar-refractivity contribution in [2.45, 2.75) is 6.10 Å². The summed E-state index contributed by atoms with van der Waals surface area (Å²) >= 11 is 0. The molecule has 1 amide bonds. The third-order valence-electron chi connectivity index (χ3n) is 3.90. The van der Waals surface area contributed by atoms with Crippen molar-refractivity contribution in [1.82, 2.24) is 0 Å². The SMILES string of the molecule is COC(=O)c1ccc(C(=O)OC)c(NC(=O)[C@H]2COc3ccccc3O2)c1. The van der Waals surface area contributed by atoms with Crippen molar-refractivity contribution in [1.29, 1.82) is 0 Å². The van der Waals surface area contributed by atoms with Crippen LogP contribution in [0, 0.1) is 0 Å². The number of fused-ring (bicyclic) bond motifs is 1. The maximum absolute atomic E-state index is 12.6. The molecule has 0 bridgehead atoms. The van der Waals surface area contributed by atoms with E-state index in [1.807, 2.05) is 0 Å². The van der Waals surface area contributed by atoms with Crippen molar-refractivity contribution in [3.05, 3.63) is 53.6 Å². The Morgan fingerprint density at radius 2 is 1.70 bits per heavy atom. The average molecular weight is 371 g/mol. The highest BCUT2D eigenvalue weighted by molar-refractivity contribution is 6.04. The Kier molecular flexibility index (Phi) is 5.25. The molecule has 0 aliphatic carbocycles. The van der Waals surface area contributed by atoms with Crippen LogP contribution in [0.1, 0.15) is 20.7 Å². The molecule has 0 saturated heterocycles. The third kappa shape index (κ3) is 3.84. The van der Waals surface area contributed by atoms with E-state index >= 15 is 0 Å². The molecule has 1 atom stereocenters. The fourth-order valence-electron chi connectivity index (χ4n) is 2.54. The fourth-order valence-corrected chi connectivity index (χ4v) is 2.54. The summed E-state index contributed by atoms with van der Waals surface area (Å²) in [6, 6.07) is 11.1. The molecule has 0 aromatic heterocycles. The Morgan fingerprint density at radius 1 is 1.00 bits per heavy atom. The fraction of sp³-hybridized carbons (Fsp3) is 0.211. The van der Waals surface area contributed by atoms with Crippen molar-refractivity contribution in [2.75, 3.05) is 26.1 Å². The molecule has 0 fully saturated rings. The van der Waals surface area contributed by atoms with Gasteiger partial charge in [0.15, 0.2) is 11.5 Å². The van der Waals surface area contributed by atoms with Crippen molar-refractivity contribution in [3.8, 4) is 11.5 Å². The summed E-state index contributed by atoms with van der Waals surface area (Å²) in [6.45, 7) is 0.00704. The summed E-state index contributed by atoms with van der Waals surface area (Å²) in [4.78, 5) is 36.3. The molecule has 1 heterocycles. The van der Waals surface area contributed by atoms with Gasteiger partial charge in [0.25, 0.3) is 5.91 Å². The standard InChI is InChI=1S/C19H17NO7/c1-24-18(22)11-7-8-12(19(23)25-2)13(9-11)20-17(21)16-10-26-14-5-3-4-6-15(14)27-16/h3-9,16H,10H2,1-2H3,(H,20,21)/t16-/m1/s1. The highest BCUT2D eigenvalue weighted by Gasteiger charge is 2.28. The van der Waals surface area contributed by atoms with Crippen molar-refractivity contribution in [3.63, 3.8) is 0 Å². The minimum atomic E-state index is -0.924. The zero-order valence-electron chi connectivity index (χ0n) is 14.7. The molecule has 140 valence electrons. The molecule has 1 N–H and O–H groups in total. The van der Waals surface area contributed by atoms with Gasteiger partial charge in [-0.05, 0) is 30.3 Å². The number of carbonyl (C=O) groups excluding carboxylic acids is 3. The summed E-state index contributed by atoms with van der Waals surface area (Å²) in [6.07, 6.45) is -0.924. The van der Waals surface area contributed by atoms with Crippen LogP contribution in [-0.2, 0) is 14.3 Å². The molecule has 0 radical (unpaired) electrons. The van der Waals surface area contributed by atoms with Crippen LogP contribution in [0.3, 0.4) is 0 Å². The molecule has 1 aliphatic rings. The number of hydrogen-bond acceptors (Lipinski definition) is 7. The lowest BCUT2D eigenvalue weighted by Crippen LogP contribution is -2.40. The molecule has 0 spiro atoms. The Balaban J connectivity index is 1.84. The molecular formula is C19H17NO7. The molecule has 8 nitrogen and oxygen atoms in total. The molecule has 8 heteroatoms. The number of para-hydroxylation sites is 2. The van der Waals surface area contributed by atoms with Gasteiger partial charge in [0.2, 0.25) is 6.10 Å². The molecule has 1 aliphatic heterocycles. The van der Waals surface area contributed by atoms with Gasteiger partial charge in [-0.3, -0.25) is 4.79 Å². The van der Waals surface area contributed by atoms with Gasteiger partial charge in [-0.15, -0.1) is 0 Å². The first-order valence-corrected chi connectivity index (χ1v) is 8.03. The zero-order chi connectivity index (χ0) is 19.4. The number of hydrogen-bond donors (Lipinski definition) is 1. The third-order valence-corrected chi connectivity index (χ3v) is 3.90. The highest BCUT2D eigenvalue weighted by atomic mass is 16.6. The smallest absolute Gasteiger partial charge is 0.339 e. The van der Waals surface area contributed by atoms with Crippen LogP contribution in [-0.4, -0.2) is 44.8 Å². The second-order valence-corrected chi connectivity index (χ2v) is 5.60. The van der Waals surface area contributed by atoms with E-state index in [2.05, 4.69) is 10.1 Å². The van der Waals surface area contributed by atoms with Gasteiger partial charge in [-0.25, -0.2) is 9.59 Å². The maximum Gasteiger partial charge on any atom is 0.339 e. The lowest BCUT2D eigenvalue weighted by Gasteiger charge is -2.25. The van der Waals surface area contributed by atoms with Crippen LogP contribution in [0.2, 0.25) is 0 Å². The van der Waals surface area contributed by atoms with Crippen LogP contribution >= 0.6 is 0 Å². The second kappa shape index (κ2) is 7.77. The van der Waals surface area contributed by atoms with Crippen molar-refractivity contribution >= 4 is 23.5 Å².